The van der Waals surface area contributed by atoms with Crippen molar-refractivity contribution in [3.63, 3.8) is 0 Å². The third-order valence-electron chi connectivity index (χ3n) is 4.70. The van der Waals surface area contributed by atoms with Gasteiger partial charge in [0.05, 0.1) is 12.2 Å². The Morgan fingerprint density at radius 3 is 2.87 bits per heavy atom. The van der Waals surface area contributed by atoms with Crippen molar-refractivity contribution in [1.29, 1.82) is 0 Å². The molecule has 6 nitrogen and oxygen atoms in total. The molecule has 1 atom stereocenters. The summed E-state index contributed by atoms with van der Waals surface area (Å²) in [7, 11) is 2.13. The summed E-state index contributed by atoms with van der Waals surface area (Å²) in [5, 5.41) is 5.75. The molecule has 128 valence electrons. The number of likely N-dealkylation sites (N-methyl/N-ethyl adjacent to an activating group) is 1. The number of amides is 1. The molecule has 0 radical (unpaired) electrons. The first-order valence-corrected chi connectivity index (χ1v) is 9.37. The molecule has 3 heterocycles. The zero-order valence-corrected chi connectivity index (χ0v) is 14.9. The van der Waals surface area contributed by atoms with Crippen molar-refractivity contribution in [3.05, 3.63) is 11.1 Å². The summed E-state index contributed by atoms with van der Waals surface area (Å²) < 4.78 is 0. The molecule has 0 bridgehead atoms. The van der Waals surface area contributed by atoms with Crippen LogP contribution in [-0.2, 0) is 11.3 Å². The molecule has 1 aromatic rings. The van der Waals surface area contributed by atoms with Crippen LogP contribution in [0.2, 0.25) is 0 Å². The van der Waals surface area contributed by atoms with Gasteiger partial charge in [0, 0.05) is 37.6 Å². The van der Waals surface area contributed by atoms with Gasteiger partial charge in [0.15, 0.2) is 5.13 Å². The second-order valence-corrected chi connectivity index (χ2v) is 7.62. The average Bonchev–Trinajstić information content (AvgIpc) is 3.15. The number of aromatic nitrogens is 1. The van der Waals surface area contributed by atoms with Gasteiger partial charge in [-0.1, -0.05) is 0 Å². The largest absolute Gasteiger partial charge is 0.304 e. The molecule has 3 rings (SSSR count). The molecule has 2 aliphatic rings. The van der Waals surface area contributed by atoms with Gasteiger partial charge in [0.25, 0.3) is 0 Å². The third kappa shape index (κ3) is 4.73. The highest BCUT2D eigenvalue weighted by Crippen LogP contribution is 2.19. The molecular formula is C16H27N5OS. The van der Waals surface area contributed by atoms with Gasteiger partial charge in [-0.05, 0) is 39.9 Å². The summed E-state index contributed by atoms with van der Waals surface area (Å²) >= 11 is 1.53. The maximum atomic E-state index is 12.3. The molecule has 0 spiro atoms. The quantitative estimate of drug-likeness (QED) is 0.878. The van der Waals surface area contributed by atoms with Gasteiger partial charge in [-0.15, -0.1) is 11.3 Å². The van der Waals surface area contributed by atoms with Crippen LogP contribution in [-0.4, -0.2) is 77.9 Å². The molecule has 1 aromatic heterocycles. The number of rotatable bonds is 5. The van der Waals surface area contributed by atoms with Crippen molar-refractivity contribution in [2.24, 2.45) is 0 Å². The Hall–Kier alpha value is -1.02. The van der Waals surface area contributed by atoms with Crippen molar-refractivity contribution in [2.45, 2.75) is 32.4 Å². The van der Waals surface area contributed by atoms with Crippen LogP contribution in [0.5, 0.6) is 0 Å². The van der Waals surface area contributed by atoms with Gasteiger partial charge in [-0.25, -0.2) is 4.98 Å². The van der Waals surface area contributed by atoms with E-state index in [1.807, 2.05) is 0 Å². The van der Waals surface area contributed by atoms with Gasteiger partial charge < -0.3 is 10.2 Å². The van der Waals surface area contributed by atoms with Crippen LogP contribution < -0.4 is 5.32 Å². The number of carbonyl (C=O) groups excluding carboxylic acids is 1. The van der Waals surface area contributed by atoms with Gasteiger partial charge >= 0.3 is 0 Å². The second kappa shape index (κ2) is 7.70. The topological polar surface area (TPSA) is 51.7 Å². The SMILES string of the molecule is C[C@H]1CN(C)CCN1CC(=O)Nc1nc(CN2CCCC2)cs1. The lowest BCUT2D eigenvalue weighted by atomic mass is 10.2. The Labute approximate surface area is 142 Å². The number of thiazole rings is 1. The molecule has 1 amide bonds. The van der Waals surface area contributed by atoms with E-state index in [-0.39, 0.29) is 5.91 Å². The molecule has 0 unspecified atom stereocenters. The second-order valence-electron chi connectivity index (χ2n) is 6.76. The monoisotopic (exact) mass is 337 g/mol. The summed E-state index contributed by atoms with van der Waals surface area (Å²) in [6.07, 6.45) is 2.58. The van der Waals surface area contributed by atoms with Crippen LogP contribution >= 0.6 is 11.3 Å². The van der Waals surface area contributed by atoms with E-state index in [1.165, 1.54) is 37.3 Å². The number of carbonyl (C=O) groups is 1. The van der Waals surface area contributed by atoms with E-state index < -0.39 is 0 Å². The van der Waals surface area contributed by atoms with E-state index in [0.717, 1.165) is 37.0 Å². The zero-order chi connectivity index (χ0) is 16.2. The molecule has 7 heteroatoms. The molecule has 0 saturated carbocycles. The van der Waals surface area contributed by atoms with E-state index in [2.05, 4.69) is 44.4 Å². The predicted molar refractivity (Wildman–Crippen MR) is 93.8 cm³/mol. The molecule has 0 aliphatic carbocycles. The third-order valence-corrected chi connectivity index (χ3v) is 5.50. The minimum absolute atomic E-state index is 0.0449. The van der Waals surface area contributed by atoms with Crippen molar-refractivity contribution >= 4 is 22.4 Å². The summed E-state index contributed by atoms with van der Waals surface area (Å²) in [5.74, 6) is 0.0449. The summed E-state index contributed by atoms with van der Waals surface area (Å²) in [5.41, 5.74) is 1.07. The van der Waals surface area contributed by atoms with Gasteiger partial charge in [-0.2, -0.15) is 0 Å². The van der Waals surface area contributed by atoms with Crippen LogP contribution in [0.15, 0.2) is 5.38 Å². The van der Waals surface area contributed by atoms with Crippen LogP contribution in [0.25, 0.3) is 0 Å². The van der Waals surface area contributed by atoms with Crippen LogP contribution in [0.1, 0.15) is 25.5 Å². The van der Waals surface area contributed by atoms with Crippen molar-refractivity contribution in [1.82, 2.24) is 19.7 Å². The molecule has 2 aliphatic heterocycles. The molecule has 23 heavy (non-hydrogen) atoms. The predicted octanol–water partition coefficient (Wildman–Crippen LogP) is 1.31. The van der Waals surface area contributed by atoms with Crippen LogP contribution in [0, 0.1) is 0 Å². The number of anilines is 1. The van der Waals surface area contributed by atoms with E-state index in [1.54, 1.807) is 0 Å². The molecule has 2 saturated heterocycles. The minimum atomic E-state index is 0.0449. The fourth-order valence-electron chi connectivity index (χ4n) is 3.36. The Kier molecular flexibility index (Phi) is 5.63. The molecular weight excluding hydrogens is 310 g/mol. The molecule has 0 aromatic carbocycles. The Morgan fingerprint density at radius 1 is 1.35 bits per heavy atom. The van der Waals surface area contributed by atoms with Crippen molar-refractivity contribution in [2.75, 3.05) is 51.6 Å². The number of likely N-dealkylation sites (tertiary alicyclic amines) is 1. The Morgan fingerprint density at radius 2 is 2.13 bits per heavy atom. The lowest BCUT2D eigenvalue weighted by molar-refractivity contribution is -0.118. The lowest BCUT2D eigenvalue weighted by Gasteiger charge is -2.37. The maximum Gasteiger partial charge on any atom is 0.240 e. The maximum absolute atomic E-state index is 12.3. The Bertz CT molecular complexity index is 528. The van der Waals surface area contributed by atoms with Crippen molar-refractivity contribution < 1.29 is 4.79 Å². The molecule has 2 fully saturated rings. The highest BCUT2D eigenvalue weighted by atomic mass is 32.1. The van der Waals surface area contributed by atoms with Crippen LogP contribution in [0.3, 0.4) is 0 Å². The minimum Gasteiger partial charge on any atom is -0.304 e. The fourth-order valence-corrected chi connectivity index (χ4v) is 4.08. The first kappa shape index (κ1) is 16.8. The Balaban J connectivity index is 1.47. The van der Waals surface area contributed by atoms with E-state index in [4.69, 9.17) is 0 Å². The van der Waals surface area contributed by atoms with E-state index >= 15 is 0 Å². The highest BCUT2D eigenvalue weighted by Gasteiger charge is 2.23. The van der Waals surface area contributed by atoms with Gasteiger partial charge in [0.1, 0.15) is 0 Å². The lowest BCUT2D eigenvalue weighted by Crippen LogP contribution is -2.52. The smallest absolute Gasteiger partial charge is 0.240 e. The fraction of sp³-hybridized carbons (Fsp3) is 0.750. The normalized spacial score (nSPS) is 24.2. The standard InChI is InChI=1S/C16H27N5OS/c1-13-9-19(2)7-8-21(13)11-15(22)18-16-17-14(12-23-16)10-20-5-3-4-6-20/h12-13H,3-11H2,1-2H3,(H,17,18,22)/t13-/m0/s1. The average molecular weight is 337 g/mol. The van der Waals surface area contributed by atoms with E-state index in [0.29, 0.717) is 12.6 Å². The van der Waals surface area contributed by atoms with Crippen molar-refractivity contribution in [3.8, 4) is 0 Å². The summed E-state index contributed by atoms with van der Waals surface area (Å²) in [6, 6.07) is 0.418. The summed E-state index contributed by atoms with van der Waals surface area (Å²) in [6.45, 7) is 8.86. The zero-order valence-electron chi connectivity index (χ0n) is 14.1. The number of nitrogens with zero attached hydrogens (tertiary/aromatic N) is 4. The number of hydrogen-bond acceptors (Lipinski definition) is 6. The van der Waals surface area contributed by atoms with Gasteiger partial charge in [0.2, 0.25) is 5.91 Å². The molecule has 1 N–H and O–H groups in total. The first-order valence-electron chi connectivity index (χ1n) is 8.49. The highest BCUT2D eigenvalue weighted by molar-refractivity contribution is 7.13. The number of piperazine rings is 1. The van der Waals surface area contributed by atoms with E-state index in [9.17, 15) is 4.79 Å². The van der Waals surface area contributed by atoms with Gasteiger partial charge in [-0.3, -0.25) is 14.6 Å². The first-order chi connectivity index (χ1) is 11.1. The summed E-state index contributed by atoms with van der Waals surface area (Å²) in [4.78, 5) is 23.8. The van der Waals surface area contributed by atoms with Crippen LogP contribution in [0.4, 0.5) is 5.13 Å². The number of hydrogen-bond donors (Lipinski definition) is 1. The number of nitrogens with one attached hydrogen (secondary N) is 1.